The minimum atomic E-state index is 0.0821. The fraction of sp³-hybridized carbons (Fsp3) is 0.611. The first-order chi connectivity index (χ1) is 11.6. The first-order valence-electron chi connectivity index (χ1n) is 8.96. The lowest BCUT2D eigenvalue weighted by atomic mass is 10.1. The van der Waals surface area contributed by atoms with Crippen molar-refractivity contribution in [1.82, 2.24) is 24.6 Å². The Balaban J connectivity index is 1.60. The summed E-state index contributed by atoms with van der Waals surface area (Å²) in [6.07, 6.45) is 8.47. The van der Waals surface area contributed by atoms with Crippen LogP contribution in [0.4, 0.5) is 0 Å². The van der Waals surface area contributed by atoms with Gasteiger partial charge in [-0.25, -0.2) is 9.67 Å². The summed E-state index contributed by atoms with van der Waals surface area (Å²) in [7, 11) is 2.10. The van der Waals surface area contributed by atoms with E-state index in [0.717, 1.165) is 30.7 Å². The van der Waals surface area contributed by atoms with Crippen LogP contribution in [0.25, 0.3) is 11.0 Å². The second kappa shape index (κ2) is 6.16. The average Bonchev–Trinajstić information content (AvgIpc) is 3.22. The third kappa shape index (κ3) is 2.69. The van der Waals surface area contributed by atoms with Crippen LogP contribution in [0, 0.1) is 0 Å². The highest BCUT2D eigenvalue weighted by atomic mass is 16.2. The second-order valence-electron chi connectivity index (χ2n) is 7.27. The summed E-state index contributed by atoms with van der Waals surface area (Å²) in [4.78, 5) is 21.7. The van der Waals surface area contributed by atoms with Gasteiger partial charge in [0.15, 0.2) is 5.65 Å². The number of hydrogen-bond donors (Lipinski definition) is 0. The number of rotatable bonds is 2. The van der Waals surface area contributed by atoms with Gasteiger partial charge in [-0.05, 0) is 32.9 Å². The minimum absolute atomic E-state index is 0.0821. The SMILES string of the molecule is CC1CN(C)CCN1C(=O)c1cnc2c(cnn2C2CCCC2)c1. The third-order valence-electron chi connectivity index (χ3n) is 5.44. The zero-order chi connectivity index (χ0) is 16.7. The van der Waals surface area contributed by atoms with E-state index in [-0.39, 0.29) is 11.9 Å². The molecule has 1 aliphatic heterocycles. The number of pyridine rings is 1. The molecule has 1 amide bonds. The molecule has 4 rings (SSSR count). The molecule has 24 heavy (non-hydrogen) atoms. The van der Waals surface area contributed by atoms with Gasteiger partial charge >= 0.3 is 0 Å². The van der Waals surface area contributed by atoms with Gasteiger partial charge in [-0.2, -0.15) is 5.10 Å². The molecular weight excluding hydrogens is 302 g/mol. The maximum atomic E-state index is 12.9. The smallest absolute Gasteiger partial charge is 0.255 e. The highest BCUT2D eigenvalue weighted by molar-refractivity contribution is 5.97. The molecule has 6 nitrogen and oxygen atoms in total. The molecule has 0 N–H and O–H groups in total. The number of aromatic nitrogens is 3. The lowest BCUT2D eigenvalue weighted by molar-refractivity contribution is 0.0533. The molecule has 2 fully saturated rings. The number of nitrogens with zero attached hydrogens (tertiary/aromatic N) is 5. The molecule has 0 radical (unpaired) electrons. The number of piperazine rings is 1. The first kappa shape index (κ1) is 15.6. The molecule has 6 heteroatoms. The summed E-state index contributed by atoms with van der Waals surface area (Å²) >= 11 is 0. The Morgan fingerprint density at radius 3 is 2.75 bits per heavy atom. The van der Waals surface area contributed by atoms with E-state index in [1.165, 1.54) is 25.7 Å². The molecule has 2 aromatic heterocycles. The van der Waals surface area contributed by atoms with Crippen molar-refractivity contribution in [3.63, 3.8) is 0 Å². The van der Waals surface area contributed by atoms with Crippen molar-refractivity contribution >= 4 is 16.9 Å². The molecule has 1 aliphatic carbocycles. The van der Waals surface area contributed by atoms with Crippen LogP contribution in [0.3, 0.4) is 0 Å². The number of carbonyl (C=O) groups is 1. The molecular formula is C18H25N5O. The third-order valence-corrected chi connectivity index (χ3v) is 5.44. The van der Waals surface area contributed by atoms with Crippen LogP contribution in [0.2, 0.25) is 0 Å². The van der Waals surface area contributed by atoms with Crippen LogP contribution in [0.5, 0.6) is 0 Å². The molecule has 0 aromatic carbocycles. The van der Waals surface area contributed by atoms with E-state index in [1.54, 1.807) is 6.20 Å². The van der Waals surface area contributed by atoms with Crippen LogP contribution in [0.1, 0.15) is 49.0 Å². The maximum absolute atomic E-state index is 12.9. The Labute approximate surface area is 142 Å². The normalized spacial score (nSPS) is 23.2. The number of carbonyl (C=O) groups excluding carboxylic acids is 1. The summed E-state index contributed by atoms with van der Waals surface area (Å²) in [5.41, 5.74) is 1.58. The highest BCUT2D eigenvalue weighted by Crippen LogP contribution is 2.31. The van der Waals surface area contributed by atoms with Crippen molar-refractivity contribution < 1.29 is 4.79 Å². The highest BCUT2D eigenvalue weighted by Gasteiger charge is 2.27. The summed E-state index contributed by atoms with van der Waals surface area (Å²) in [6, 6.07) is 2.65. The van der Waals surface area contributed by atoms with Crippen molar-refractivity contribution in [1.29, 1.82) is 0 Å². The lowest BCUT2D eigenvalue weighted by Gasteiger charge is -2.38. The van der Waals surface area contributed by atoms with E-state index >= 15 is 0 Å². The second-order valence-corrected chi connectivity index (χ2v) is 7.27. The predicted molar refractivity (Wildman–Crippen MR) is 93.0 cm³/mol. The van der Waals surface area contributed by atoms with Gasteiger partial charge in [0.1, 0.15) is 0 Å². The van der Waals surface area contributed by atoms with Gasteiger partial charge in [0.25, 0.3) is 5.91 Å². The first-order valence-corrected chi connectivity index (χ1v) is 8.96. The summed E-state index contributed by atoms with van der Waals surface area (Å²) < 4.78 is 2.05. The Kier molecular flexibility index (Phi) is 4.00. The molecule has 0 spiro atoms. The van der Waals surface area contributed by atoms with Gasteiger partial charge in [-0.3, -0.25) is 4.79 Å². The molecule has 1 atom stereocenters. The average molecular weight is 327 g/mol. The van der Waals surface area contributed by atoms with Crippen LogP contribution in [0.15, 0.2) is 18.5 Å². The zero-order valence-electron chi connectivity index (χ0n) is 14.5. The van der Waals surface area contributed by atoms with Gasteiger partial charge in [0.2, 0.25) is 0 Å². The largest absolute Gasteiger partial charge is 0.333 e. The van der Waals surface area contributed by atoms with Crippen LogP contribution < -0.4 is 0 Å². The number of fused-ring (bicyclic) bond motifs is 1. The summed E-state index contributed by atoms with van der Waals surface area (Å²) in [5, 5.41) is 5.50. The standard InChI is InChI=1S/C18H25N5O/c1-13-12-21(2)7-8-22(13)18(24)15-9-14-11-20-23(17(14)19-10-15)16-5-3-4-6-16/h9-11,13,16H,3-8,12H2,1-2H3. The number of hydrogen-bond acceptors (Lipinski definition) is 4. The number of likely N-dealkylation sites (N-methyl/N-ethyl adjacent to an activating group) is 1. The van der Waals surface area contributed by atoms with E-state index < -0.39 is 0 Å². The molecule has 0 bridgehead atoms. The minimum Gasteiger partial charge on any atom is -0.333 e. The topological polar surface area (TPSA) is 54.3 Å². The van der Waals surface area contributed by atoms with E-state index in [1.807, 2.05) is 17.2 Å². The summed E-state index contributed by atoms with van der Waals surface area (Å²) in [6.45, 7) is 4.72. The van der Waals surface area contributed by atoms with Gasteiger partial charge in [0, 0.05) is 37.3 Å². The van der Waals surface area contributed by atoms with E-state index in [9.17, 15) is 4.79 Å². The molecule has 1 unspecified atom stereocenters. The van der Waals surface area contributed by atoms with Crippen molar-refractivity contribution in [2.75, 3.05) is 26.7 Å². The fourth-order valence-corrected chi connectivity index (χ4v) is 4.08. The van der Waals surface area contributed by atoms with Gasteiger partial charge < -0.3 is 9.80 Å². The maximum Gasteiger partial charge on any atom is 0.255 e. The Morgan fingerprint density at radius 1 is 1.21 bits per heavy atom. The molecule has 2 aliphatic rings. The molecule has 128 valence electrons. The van der Waals surface area contributed by atoms with E-state index in [2.05, 4.69) is 33.6 Å². The van der Waals surface area contributed by atoms with Crippen molar-refractivity contribution in [3.8, 4) is 0 Å². The van der Waals surface area contributed by atoms with Crippen molar-refractivity contribution in [3.05, 3.63) is 24.0 Å². The Morgan fingerprint density at radius 2 is 2.00 bits per heavy atom. The predicted octanol–water partition coefficient (Wildman–Crippen LogP) is 2.32. The molecule has 1 saturated heterocycles. The molecule has 2 aromatic rings. The van der Waals surface area contributed by atoms with Crippen molar-refractivity contribution in [2.45, 2.75) is 44.7 Å². The number of amides is 1. The fourth-order valence-electron chi connectivity index (χ4n) is 4.08. The van der Waals surface area contributed by atoms with Gasteiger partial charge in [0.05, 0.1) is 17.8 Å². The zero-order valence-corrected chi connectivity index (χ0v) is 14.5. The van der Waals surface area contributed by atoms with Crippen LogP contribution in [-0.2, 0) is 0 Å². The van der Waals surface area contributed by atoms with E-state index in [0.29, 0.717) is 11.6 Å². The van der Waals surface area contributed by atoms with Crippen LogP contribution in [-0.4, -0.2) is 63.2 Å². The summed E-state index contributed by atoms with van der Waals surface area (Å²) in [5.74, 6) is 0.0821. The van der Waals surface area contributed by atoms with Crippen molar-refractivity contribution in [2.24, 2.45) is 0 Å². The monoisotopic (exact) mass is 327 g/mol. The van der Waals surface area contributed by atoms with E-state index in [4.69, 9.17) is 0 Å². The molecule has 3 heterocycles. The quantitative estimate of drug-likeness (QED) is 0.849. The Bertz CT molecular complexity index is 749. The van der Waals surface area contributed by atoms with Crippen LogP contribution >= 0.6 is 0 Å². The lowest BCUT2D eigenvalue weighted by Crippen LogP contribution is -2.52. The van der Waals surface area contributed by atoms with Gasteiger partial charge in [-0.1, -0.05) is 12.8 Å². The Hall–Kier alpha value is -1.95. The molecule has 1 saturated carbocycles. The van der Waals surface area contributed by atoms with Gasteiger partial charge in [-0.15, -0.1) is 0 Å².